The Morgan fingerprint density at radius 2 is 0.511 bits per heavy atom. The molecule has 6 aliphatic rings. The summed E-state index contributed by atoms with van der Waals surface area (Å²) >= 11 is 0. The second kappa shape index (κ2) is 38.0. The quantitative estimate of drug-likeness (QED) is 0.0813. The first-order valence-corrected chi connectivity index (χ1v) is 39.1. The maximum absolute atomic E-state index is 14.8. The summed E-state index contributed by atoms with van der Waals surface area (Å²) < 4.78 is 90.5. The summed E-state index contributed by atoms with van der Waals surface area (Å²) in [6.45, 7) is 103. The van der Waals surface area contributed by atoms with Gasteiger partial charge in [0.25, 0.3) is 0 Å². The van der Waals surface area contributed by atoms with Crippen LogP contribution in [0.1, 0.15) is 147 Å². The van der Waals surface area contributed by atoms with E-state index in [0.29, 0.717) is 11.1 Å². The number of ether oxygens (including phenoxy) is 1. The second-order valence-corrected chi connectivity index (χ2v) is 29.7. The van der Waals surface area contributed by atoms with Gasteiger partial charge in [-0.1, -0.05) is 68.4 Å². The molecule has 0 heterocycles. The zero-order valence-electron chi connectivity index (χ0n) is 71.2. The third-order valence-corrected chi connectivity index (χ3v) is 22.3. The first-order valence-electron chi connectivity index (χ1n) is 39.1. The topological polar surface area (TPSA) is 375 Å². The number of hydrogen-bond donors (Lipinski definition) is 0. The molecule has 0 aromatic heterocycles. The molecule has 640 valence electrons. The molecule has 141 heavy (non-hydrogen) atoms. The molecule has 33 heteroatoms. The van der Waals surface area contributed by atoms with Gasteiger partial charge >= 0.3 is 12.5 Å². The Hall–Kier alpha value is -24.0. The monoisotopic (exact) mass is 1820 g/mol. The van der Waals surface area contributed by atoms with E-state index in [0.717, 1.165) is 0 Å². The average molecular weight is 1820 g/mol. The number of halogens is 6. The summed E-state index contributed by atoms with van der Waals surface area (Å²) in [4.78, 5) is 45.4. The van der Waals surface area contributed by atoms with Crippen molar-refractivity contribution in [2.45, 2.75) is 26.4 Å². The highest BCUT2D eigenvalue weighted by atomic mass is 19.4. The van der Waals surface area contributed by atoms with Crippen molar-refractivity contribution < 1.29 is 31.1 Å². The van der Waals surface area contributed by atoms with E-state index in [2.05, 4.69) is 73.8 Å². The Kier molecular flexibility index (Phi) is 25.5. The summed E-state index contributed by atoms with van der Waals surface area (Å²) in [6, 6.07) is 56.5. The highest BCUT2D eigenvalue weighted by Gasteiger charge is 2.48. The van der Waals surface area contributed by atoms with Crippen LogP contribution in [0.4, 0.5) is 60.5 Å². The number of benzene rings is 9. The molecule has 0 aliphatic heterocycles. The van der Waals surface area contributed by atoms with Crippen LogP contribution in [-0.2, 0) is 4.74 Å². The average Bonchev–Trinajstić information content (AvgIpc) is 1.57. The van der Waals surface area contributed by atoms with E-state index in [1.807, 2.05) is 54.6 Å². The van der Waals surface area contributed by atoms with Crippen LogP contribution in [0.3, 0.4) is 0 Å². The van der Waals surface area contributed by atoms with Crippen LogP contribution in [0.2, 0.25) is 0 Å². The SMILES string of the molecule is [C-]#[N+]C1=C(C)/C(=C(\[N+]#[C-])c2cc(C#N)cc([N+]#[C-])c2)c2cc3c(cc21)/C(=C(/C#N)c1cc(C#N)cc([N+]#[C-])c1)C(C(F)(F)F)=C3C#N.[C-]#[N+]C1=C(C)/C(=C(\[N+]#[C-])c2cc(C#N)cc([N+]#[C-])c2)c2cc3c(cc21)/C(=C(/C#N)c1cc(C#N)cc([N+]#[C-])c1)C(OC(F)(F)F)=C3C#N.[C-]#[N+]C1=C([N+]#[C-])c2cc3c(cc2/C1=C(/[N+]#[C-])c1cc(C#N)cc([N+]#[C-])c1)C(C#N)=C(C#N)/C3=C(\C#N)c1cc(C#N)cc([N+]#[C-])c1. The molecule has 0 atom stereocenters. The molecule has 0 N–H and O–H groups in total. The summed E-state index contributed by atoms with van der Waals surface area (Å²) in [6.07, 6.45) is -10.4. The third-order valence-electron chi connectivity index (χ3n) is 22.3. The Morgan fingerprint density at radius 3 is 0.809 bits per heavy atom. The number of nitrogens with zero attached hydrogens (tertiary/aromatic N) is 26. The molecule has 0 fully saturated rings. The van der Waals surface area contributed by atoms with Crippen LogP contribution >= 0.6 is 0 Å². The fourth-order valence-electron chi connectivity index (χ4n) is 16.8. The van der Waals surface area contributed by atoms with Gasteiger partial charge < -0.3 is 4.74 Å². The van der Waals surface area contributed by atoms with Crippen LogP contribution in [0.25, 0.3) is 164 Å². The molecule has 9 aromatic rings. The Labute approximate surface area is 796 Å². The van der Waals surface area contributed by atoms with Gasteiger partial charge in [-0.2, -0.15) is 81.6 Å². The maximum atomic E-state index is 14.8. The van der Waals surface area contributed by atoms with Crippen molar-refractivity contribution >= 4 is 135 Å². The van der Waals surface area contributed by atoms with Crippen LogP contribution in [0.5, 0.6) is 0 Å². The predicted molar refractivity (Wildman–Crippen MR) is 496 cm³/mol. The van der Waals surface area contributed by atoms with Gasteiger partial charge in [0.1, 0.15) is 48.1 Å². The van der Waals surface area contributed by atoms with Gasteiger partial charge in [0.2, 0.25) is 5.70 Å². The Bertz CT molecular complexity index is 8890. The maximum Gasteiger partial charge on any atom is 0.573 e. The summed E-state index contributed by atoms with van der Waals surface area (Å²) in [7, 11) is 0. The number of nitriles is 13. The number of alkyl halides is 6. The van der Waals surface area contributed by atoms with E-state index in [4.69, 9.17) is 85.4 Å². The first-order chi connectivity index (χ1) is 67.8. The Morgan fingerprint density at radius 1 is 0.248 bits per heavy atom. The van der Waals surface area contributed by atoms with Crippen molar-refractivity contribution in [1.82, 2.24) is 0 Å². The molecule has 9 aromatic carbocycles. The third kappa shape index (κ3) is 16.4. The van der Waals surface area contributed by atoms with Crippen molar-refractivity contribution in [2.75, 3.05) is 0 Å². The number of hydrogen-bond acceptors (Lipinski definition) is 14. The largest absolute Gasteiger partial charge is 0.573 e. The van der Waals surface area contributed by atoms with Crippen LogP contribution in [-0.4, -0.2) is 12.5 Å². The van der Waals surface area contributed by atoms with Gasteiger partial charge in [-0.3, -0.25) is 4.85 Å². The molecule has 15 rings (SSSR count). The molecule has 0 saturated heterocycles. The molecular weight excluding hydrogens is 1790 g/mol. The minimum atomic E-state index is -5.31. The fourth-order valence-corrected chi connectivity index (χ4v) is 16.8. The standard InChI is InChI=1S/C36H11F3N8O.C36H11F3N8.C36H8N10/c1-18-31(34(47-5)22-7-20(15-41)9-24(11-22)45-3)27-12-25-26(13-28(27)33(18)46-4)32(35(30(25)17-43)48-36(37,38)39)29(16-42)21-6-19(14-40)8-23(10-21)44-2;1-18-31(35(47-5)22-7-20(15-41)9-24(11-22)45-3)27-12-25-26(13-28(27)34(18)46-4)32(33(30(25)17-43)36(37,38)39)29(16-42)21-6-19(14-40)8-23(10-21)44-2;1-42-23-8-19(14-37)6-21(10-23)29(16-39)32-26-13-28-27(12-25(26)30(17-40)31(32)18-41)33(36(46-5)35(28)45-4)34(44-3)22-7-20(15-38)9-24(11-22)43-2/h6-13H,1H3;6-13H,1H3;6-13H/b32-29+,34-31+;32-29+,35-31+;32-29+,34-33-. The minimum Gasteiger partial charge on any atom is -0.404 e. The van der Waals surface area contributed by atoms with Gasteiger partial charge in [-0.15, -0.1) is 13.2 Å². The smallest absolute Gasteiger partial charge is 0.404 e. The van der Waals surface area contributed by atoms with E-state index in [1.165, 1.54) is 146 Å². The van der Waals surface area contributed by atoms with E-state index in [-0.39, 0.29) is 247 Å². The van der Waals surface area contributed by atoms with E-state index >= 15 is 0 Å². The van der Waals surface area contributed by atoms with Crippen molar-refractivity contribution in [3.63, 3.8) is 0 Å². The molecule has 6 aliphatic carbocycles. The number of allylic oxidation sites excluding steroid dienone is 16. The molecule has 0 unspecified atom stereocenters. The zero-order valence-corrected chi connectivity index (χ0v) is 71.2. The molecule has 0 radical (unpaired) electrons. The van der Waals surface area contributed by atoms with Crippen molar-refractivity contribution in [2.24, 2.45) is 0 Å². The molecule has 0 amide bonds. The highest BCUT2D eigenvalue weighted by molar-refractivity contribution is 6.23. The van der Waals surface area contributed by atoms with Gasteiger partial charge in [0.05, 0.1) is 161 Å². The second-order valence-electron chi connectivity index (χ2n) is 29.7. The van der Waals surface area contributed by atoms with Gasteiger partial charge in [0.15, 0.2) is 74.1 Å². The lowest BCUT2D eigenvalue weighted by molar-refractivity contribution is -0.302. The van der Waals surface area contributed by atoms with E-state index in [1.54, 1.807) is 32.1 Å². The van der Waals surface area contributed by atoms with Crippen LogP contribution in [0, 0.1) is 233 Å². The number of rotatable bonds is 7. The summed E-state index contributed by atoms with van der Waals surface area (Å²) in [5, 5.41) is 129. The normalized spacial score (nSPS) is 14.7. The van der Waals surface area contributed by atoms with Crippen molar-refractivity contribution in [3.8, 4) is 78.9 Å². The lowest BCUT2D eigenvalue weighted by Gasteiger charge is -2.15. The first kappa shape index (κ1) is 94.6. The van der Waals surface area contributed by atoms with E-state index < -0.39 is 57.3 Å². The zero-order chi connectivity index (χ0) is 102. The minimum absolute atomic E-state index is 0.0133. The molecule has 0 spiro atoms. The summed E-state index contributed by atoms with van der Waals surface area (Å²) in [5.74, 6) is -0.989. The lowest BCUT2D eigenvalue weighted by atomic mass is 9.89. The lowest BCUT2D eigenvalue weighted by Crippen LogP contribution is -2.13. The fraction of sp³-hybridized carbons (Fsp3) is 0.0370. The van der Waals surface area contributed by atoms with E-state index in [9.17, 15) is 94.7 Å². The van der Waals surface area contributed by atoms with Crippen molar-refractivity contribution in [3.05, 3.63) is 461 Å². The van der Waals surface area contributed by atoms with Gasteiger partial charge in [-0.05, 0) is 202 Å². The van der Waals surface area contributed by atoms with Gasteiger partial charge in [0, 0.05) is 66.8 Å². The molecule has 27 nitrogen and oxygen atoms in total. The molecule has 0 saturated carbocycles. The predicted octanol–water partition coefficient (Wildman–Crippen LogP) is 26.6. The van der Waals surface area contributed by atoms with Crippen molar-refractivity contribution in [1.29, 1.82) is 68.4 Å². The highest BCUT2D eigenvalue weighted by Crippen LogP contribution is 2.60. The molecular formula is C108H30F6N26O. The van der Waals surface area contributed by atoms with Crippen LogP contribution < -0.4 is 0 Å². The molecule has 0 bridgehead atoms. The Balaban J connectivity index is 0.000000178. The summed E-state index contributed by atoms with van der Waals surface area (Å²) in [5.41, 5.74) is -2.23. The number of fused-ring (bicyclic) bond motifs is 6. The van der Waals surface area contributed by atoms with Gasteiger partial charge in [-0.25, -0.2) is 58.1 Å². The van der Waals surface area contributed by atoms with Crippen LogP contribution in [0.15, 0.2) is 179 Å².